The van der Waals surface area contributed by atoms with Crippen molar-refractivity contribution in [1.29, 1.82) is 0 Å². The van der Waals surface area contributed by atoms with Crippen molar-refractivity contribution >= 4 is 30.2 Å². The Morgan fingerprint density at radius 1 is 0.941 bits per heavy atom. The van der Waals surface area contributed by atoms with E-state index in [4.69, 9.17) is 0 Å². The van der Waals surface area contributed by atoms with Crippen LogP contribution in [0.2, 0.25) is 0 Å². The average Bonchev–Trinajstić information content (AvgIpc) is 2.39. The lowest BCUT2D eigenvalue weighted by atomic mass is 10.3. The molecule has 0 saturated carbocycles. The summed E-state index contributed by atoms with van der Waals surface area (Å²) in [6.45, 7) is 0. The van der Waals surface area contributed by atoms with Crippen LogP contribution < -0.4 is 10.6 Å². The molecule has 0 heterocycles. The van der Waals surface area contributed by atoms with Crippen molar-refractivity contribution in [3.8, 4) is 0 Å². The van der Waals surface area contributed by atoms with Crippen LogP contribution in [0.5, 0.6) is 0 Å². The quantitative estimate of drug-likeness (QED) is 0.625. The van der Waals surface area contributed by atoms with E-state index < -0.39 is 7.80 Å². The minimum absolute atomic E-state index is 0.310. The fourth-order valence-corrected chi connectivity index (χ4v) is 2.99. The Kier molecular flexibility index (Phi) is 3.93. The summed E-state index contributed by atoms with van der Waals surface area (Å²) in [4.78, 5) is 1.14. The van der Waals surface area contributed by atoms with Gasteiger partial charge in [0.05, 0.1) is 0 Å². The standard InChI is InChI=1S/C13H11FOPS/c1-17-13-8-6-12(7-9-13)16(15)11-4-2-10(14)3-5-11/h2-9H,1H3/q+1. The zero-order valence-electron chi connectivity index (χ0n) is 9.26. The molecule has 0 saturated heterocycles. The van der Waals surface area contributed by atoms with Gasteiger partial charge in [-0.05, 0) is 54.8 Å². The summed E-state index contributed by atoms with van der Waals surface area (Å²) in [5.41, 5.74) is 0. The molecule has 0 bridgehead atoms. The van der Waals surface area contributed by atoms with Gasteiger partial charge in [-0.15, -0.1) is 11.8 Å². The number of halogens is 1. The summed E-state index contributed by atoms with van der Waals surface area (Å²) in [6.07, 6.45) is 2.00. The Labute approximate surface area is 105 Å². The molecule has 0 aliphatic rings. The second-order valence-corrected chi connectivity index (χ2v) is 5.97. The number of hydrogen-bond acceptors (Lipinski definition) is 2. The Balaban J connectivity index is 2.27. The highest BCUT2D eigenvalue weighted by atomic mass is 32.2. The Morgan fingerprint density at radius 3 is 1.88 bits per heavy atom. The van der Waals surface area contributed by atoms with Crippen molar-refractivity contribution in [3.63, 3.8) is 0 Å². The smallest absolute Gasteiger partial charge is 0.207 e. The Hall–Kier alpha value is -1.18. The van der Waals surface area contributed by atoms with Gasteiger partial charge in [-0.25, -0.2) is 4.39 Å². The summed E-state index contributed by atoms with van der Waals surface area (Å²) >= 11 is 1.64. The molecule has 0 spiro atoms. The molecule has 2 rings (SSSR count). The zero-order chi connectivity index (χ0) is 12.3. The normalized spacial score (nSPS) is 11.3. The Morgan fingerprint density at radius 2 is 1.41 bits per heavy atom. The van der Waals surface area contributed by atoms with Gasteiger partial charge in [0.2, 0.25) is 0 Å². The average molecular weight is 265 g/mol. The molecule has 0 fully saturated rings. The van der Waals surface area contributed by atoms with Gasteiger partial charge in [0.15, 0.2) is 10.6 Å². The van der Waals surface area contributed by atoms with Crippen molar-refractivity contribution in [3.05, 3.63) is 54.3 Å². The van der Waals surface area contributed by atoms with Crippen molar-refractivity contribution in [2.45, 2.75) is 4.90 Å². The highest BCUT2D eigenvalue weighted by Gasteiger charge is 2.22. The number of hydrogen-bond donors (Lipinski definition) is 0. The van der Waals surface area contributed by atoms with E-state index in [0.29, 0.717) is 5.30 Å². The highest BCUT2D eigenvalue weighted by Crippen LogP contribution is 2.21. The van der Waals surface area contributed by atoms with Gasteiger partial charge in [-0.1, -0.05) is 4.57 Å². The molecular formula is C13H11FOPS+. The van der Waals surface area contributed by atoms with E-state index in [-0.39, 0.29) is 5.82 Å². The predicted octanol–water partition coefficient (Wildman–Crippen LogP) is 3.33. The second kappa shape index (κ2) is 5.44. The van der Waals surface area contributed by atoms with Gasteiger partial charge in [0, 0.05) is 4.90 Å². The van der Waals surface area contributed by atoms with E-state index in [1.165, 1.54) is 12.1 Å². The first-order valence-electron chi connectivity index (χ1n) is 5.07. The Bertz CT molecular complexity index is 522. The molecule has 1 unspecified atom stereocenters. The van der Waals surface area contributed by atoms with E-state index in [1.807, 2.05) is 30.5 Å². The largest absolute Gasteiger partial charge is 0.415 e. The molecule has 2 aromatic carbocycles. The van der Waals surface area contributed by atoms with E-state index in [2.05, 4.69) is 0 Å². The van der Waals surface area contributed by atoms with Crippen molar-refractivity contribution in [1.82, 2.24) is 0 Å². The lowest BCUT2D eigenvalue weighted by molar-refractivity contribution is 0.598. The van der Waals surface area contributed by atoms with Crippen LogP contribution in [0.4, 0.5) is 4.39 Å². The molecule has 0 aliphatic carbocycles. The summed E-state index contributed by atoms with van der Waals surface area (Å²) in [5.74, 6) is -0.310. The zero-order valence-corrected chi connectivity index (χ0v) is 11.0. The van der Waals surface area contributed by atoms with Crippen LogP contribution >= 0.6 is 19.6 Å². The van der Waals surface area contributed by atoms with Gasteiger partial charge in [0.1, 0.15) is 5.82 Å². The lowest BCUT2D eigenvalue weighted by Gasteiger charge is -1.94. The van der Waals surface area contributed by atoms with Crippen LogP contribution in [0.3, 0.4) is 0 Å². The third-order valence-electron chi connectivity index (χ3n) is 2.37. The van der Waals surface area contributed by atoms with Gasteiger partial charge in [-0.2, -0.15) is 0 Å². The summed E-state index contributed by atoms with van der Waals surface area (Å²) < 4.78 is 24.9. The topological polar surface area (TPSA) is 17.1 Å². The van der Waals surface area contributed by atoms with Gasteiger partial charge >= 0.3 is 7.80 Å². The third-order valence-corrected chi connectivity index (χ3v) is 4.65. The van der Waals surface area contributed by atoms with Gasteiger partial charge < -0.3 is 0 Å². The van der Waals surface area contributed by atoms with Crippen LogP contribution in [0.15, 0.2) is 53.4 Å². The van der Waals surface area contributed by atoms with Gasteiger partial charge in [-0.3, -0.25) is 0 Å². The van der Waals surface area contributed by atoms with Crippen molar-refractivity contribution in [2.75, 3.05) is 6.26 Å². The van der Waals surface area contributed by atoms with E-state index in [9.17, 15) is 8.96 Å². The molecule has 0 N–H and O–H groups in total. The molecule has 4 heteroatoms. The number of rotatable bonds is 3. The molecule has 0 aromatic heterocycles. The number of thioether (sulfide) groups is 1. The first-order chi connectivity index (χ1) is 8.20. The van der Waals surface area contributed by atoms with Crippen LogP contribution in [0.25, 0.3) is 0 Å². The van der Waals surface area contributed by atoms with Crippen LogP contribution in [0.1, 0.15) is 0 Å². The van der Waals surface area contributed by atoms with Crippen LogP contribution in [0, 0.1) is 5.82 Å². The van der Waals surface area contributed by atoms with Gasteiger partial charge in [0.25, 0.3) is 0 Å². The minimum Gasteiger partial charge on any atom is -0.207 e. The fraction of sp³-hybridized carbons (Fsp3) is 0.0769. The molecule has 86 valence electrons. The summed E-state index contributed by atoms with van der Waals surface area (Å²) in [7, 11) is -1.63. The maximum absolute atomic E-state index is 12.8. The van der Waals surface area contributed by atoms with Crippen LogP contribution in [-0.2, 0) is 4.57 Å². The maximum atomic E-state index is 12.8. The van der Waals surface area contributed by atoms with E-state index >= 15 is 0 Å². The summed E-state index contributed by atoms with van der Waals surface area (Å²) in [5, 5.41) is 1.42. The SMILES string of the molecule is CSc1ccc([P+](=O)c2ccc(F)cc2)cc1. The molecule has 1 nitrogen and oxygen atoms in total. The van der Waals surface area contributed by atoms with Crippen molar-refractivity contribution < 1.29 is 8.96 Å². The summed E-state index contributed by atoms with van der Waals surface area (Å²) in [6, 6.07) is 13.4. The van der Waals surface area contributed by atoms with E-state index in [1.54, 1.807) is 23.9 Å². The fourth-order valence-electron chi connectivity index (χ4n) is 1.44. The molecular weight excluding hydrogens is 254 g/mol. The third kappa shape index (κ3) is 2.93. The molecule has 0 amide bonds. The molecule has 17 heavy (non-hydrogen) atoms. The van der Waals surface area contributed by atoms with Crippen molar-refractivity contribution in [2.24, 2.45) is 0 Å². The lowest BCUT2D eigenvalue weighted by Crippen LogP contribution is -2.06. The highest BCUT2D eigenvalue weighted by molar-refractivity contribution is 7.98. The molecule has 0 aliphatic heterocycles. The molecule has 1 atom stereocenters. The first kappa shape index (κ1) is 12.3. The second-order valence-electron chi connectivity index (χ2n) is 3.47. The predicted molar refractivity (Wildman–Crippen MR) is 71.5 cm³/mol. The molecule has 2 aromatic rings. The molecule has 0 radical (unpaired) electrons. The van der Waals surface area contributed by atoms with Crippen LogP contribution in [-0.4, -0.2) is 6.26 Å². The maximum Gasteiger partial charge on any atom is 0.415 e. The number of benzene rings is 2. The first-order valence-corrected chi connectivity index (χ1v) is 7.56. The van der Waals surface area contributed by atoms with E-state index in [0.717, 1.165) is 10.2 Å². The monoisotopic (exact) mass is 265 g/mol. The minimum atomic E-state index is -1.63.